The summed E-state index contributed by atoms with van der Waals surface area (Å²) >= 11 is 0. The molecule has 1 saturated heterocycles. The lowest BCUT2D eigenvalue weighted by molar-refractivity contribution is -0.124. The zero-order chi connectivity index (χ0) is 9.84. The van der Waals surface area contributed by atoms with Crippen LogP contribution < -0.4 is 10.6 Å². The van der Waals surface area contributed by atoms with E-state index in [4.69, 9.17) is 15.9 Å². The number of aliphatic imine (C=N–C) groups is 1. The first-order valence-electron chi connectivity index (χ1n) is 3.28. The molecule has 0 aromatic rings. The normalized spacial score (nSPS) is 30.2. The second-order valence-corrected chi connectivity index (χ2v) is 2.21. The van der Waals surface area contributed by atoms with Gasteiger partial charge in [-0.3, -0.25) is 10.1 Å². The third kappa shape index (κ3) is 1.77. The number of hydrogen-bond donors (Lipinski definition) is 4. The van der Waals surface area contributed by atoms with Gasteiger partial charge >= 0.3 is 0 Å². The number of carbonyl (C=O) groups is 1. The van der Waals surface area contributed by atoms with Gasteiger partial charge in [-0.2, -0.15) is 10.4 Å². The quantitative estimate of drug-likeness (QED) is 0.283. The van der Waals surface area contributed by atoms with Crippen molar-refractivity contribution in [2.75, 3.05) is 0 Å². The molecule has 2 atom stereocenters. The highest BCUT2D eigenvalue weighted by Gasteiger charge is 2.33. The molecule has 8 nitrogen and oxygen atoms in total. The molecular weight excluding hydrogens is 176 g/mol. The molecule has 1 amide bonds. The fraction of sp³-hybridized carbons (Fsp3) is 0.400. The maximum atomic E-state index is 11.0. The summed E-state index contributed by atoms with van der Waals surface area (Å²) in [6, 6.07) is -1.20. The smallest absolute Gasteiger partial charge is 0.258 e. The van der Waals surface area contributed by atoms with E-state index in [0.717, 1.165) is 0 Å². The summed E-state index contributed by atoms with van der Waals surface area (Å²) in [7, 11) is 0. The van der Waals surface area contributed by atoms with Gasteiger partial charge in [-0.1, -0.05) is 0 Å². The van der Waals surface area contributed by atoms with Crippen molar-refractivity contribution in [1.29, 1.82) is 10.8 Å². The van der Waals surface area contributed by atoms with Crippen molar-refractivity contribution in [3.8, 4) is 6.19 Å². The topological polar surface area (TPSA) is 134 Å². The van der Waals surface area contributed by atoms with E-state index in [9.17, 15) is 4.79 Å². The van der Waals surface area contributed by atoms with Gasteiger partial charge in [0.1, 0.15) is 0 Å². The lowest BCUT2D eigenvalue weighted by Crippen LogP contribution is -2.60. The third-order valence-corrected chi connectivity index (χ3v) is 1.39. The van der Waals surface area contributed by atoms with E-state index in [0.29, 0.717) is 0 Å². The Labute approximate surface area is 72.8 Å². The first kappa shape index (κ1) is 9.08. The molecule has 13 heavy (non-hydrogen) atoms. The Hall–Kier alpha value is -2.01. The van der Waals surface area contributed by atoms with E-state index < -0.39 is 18.2 Å². The van der Waals surface area contributed by atoms with Crippen LogP contribution in [0.5, 0.6) is 0 Å². The Morgan fingerprint density at radius 3 is 2.85 bits per heavy atom. The Bertz CT molecular complexity index is 305. The minimum atomic E-state index is -1.32. The average Bonchev–Trinajstić information content (AvgIpc) is 2.04. The molecule has 0 bridgehead atoms. The van der Waals surface area contributed by atoms with Crippen LogP contribution in [-0.4, -0.2) is 29.2 Å². The van der Waals surface area contributed by atoms with E-state index >= 15 is 0 Å². The van der Waals surface area contributed by atoms with Crippen molar-refractivity contribution in [3.63, 3.8) is 0 Å². The predicted octanol–water partition coefficient (Wildman–Crippen LogP) is -1.74. The van der Waals surface area contributed by atoms with Crippen LogP contribution in [0.1, 0.15) is 0 Å². The van der Waals surface area contributed by atoms with Gasteiger partial charge in [0.05, 0.1) is 0 Å². The molecule has 0 radical (unpaired) electrons. The van der Waals surface area contributed by atoms with E-state index in [1.807, 2.05) is 0 Å². The highest BCUT2D eigenvalue weighted by Crippen LogP contribution is 2.00. The monoisotopic (exact) mass is 182 g/mol. The maximum absolute atomic E-state index is 11.0. The van der Waals surface area contributed by atoms with Crippen LogP contribution in [0.4, 0.5) is 0 Å². The fourth-order valence-corrected chi connectivity index (χ4v) is 0.829. The summed E-state index contributed by atoms with van der Waals surface area (Å²) in [5, 5.41) is 24.6. The van der Waals surface area contributed by atoms with Crippen molar-refractivity contribution >= 4 is 11.9 Å². The number of aliphatic hydroxyl groups is 1. The second-order valence-electron chi connectivity index (χ2n) is 2.21. The molecule has 8 heteroatoms. The van der Waals surface area contributed by atoms with Crippen LogP contribution in [0, 0.1) is 17.0 Å². The van der Waals surface area contributed by atoms with E-state index in [1.54, 1.807) is 0 Å². The zero-order valence-electron chi connectivity index (χ0n) is 6.35. The Morgan fingerprint density at radius 1 is 1.69 bits per heavy atom. The Balaban J connectivity index is 2.79. The number of nitriles is 1. The molecule has 4 N–H and O–H groups in total. The second kappa shape index (κ2) is 3.59. The summed E-state index contributed by atoms with van der Waals surface area (Å²) < 4.78 is 0. The number of guanidine groups is 1. The summed E-state index contributed by atoms with van der Waals surface area (Å²) in [6.07, 6.45) is 0.113. The molecule has 1 aliphatic heterocycles. The molecule has 1 heterocycles. The van der Waals surface area contributed by atoms with Gasteiger partial charge in [0.15, 0.2) is 12.3 Å². The van der Waals surface area contributed by atoms with Crippen molar-refractivity contribution in [1.82, 2.24) is 10.6 Å². The number of nitrogens with zero attached hydrogens (tertiary/aromatic N) is 3. The summed E-state index contributed by atoms with van der Waals surface area (Å²) in [6.45, 7) is 0. The summed E-state index contributed by atoms with van der Waals surface area (Å²) in [5.74, 6) is -0.810. The van der Waals surface area contributed by atoms with Gasteiger partial charge in [-0.15, -0.1) is 4.99 Å². The molecule has 0 aromatic carbocycles. The minimum absolute atomic E-state index is 0.139. The standard InChI is InChI=1S/C5H6N6O2/c6-1-8-5-9-3(12)2(11-7)4(13)10-5/h2-3,7,12H,(H2,8,9,10,13). The van der Waals surface area contributed by atoms with Crippen LogP contribution >= 0.6 is 0 Å². The summed E-state index contributed by atoms with van der Waals surface area (Å²) in [4.78, 5) is 14.2. The molecule has 1 aliphatic rings. The third-order valence-electron chi connectivity index (χ3n) is 1.39. The fourth-order valence-electron chi connectivity index (χ4n) is 0.829. The molecule has 68 valence electrons. The molecule has 0 saturated carbocycles. The number of hydrogen-bond acceptors (Lipinski definition) is 6. The van der Waals surface area contributed by atoms with Gasteiger partial charge in [0.2, 0.25) is 12.2 Å². The van der Waals surface area contributed by atoms with Crippen LogP contribution in [0.2, 0.25) is 0 Å². The number of nitrogens with one attached hydrogen (secondary N) is 3. The van der Waals surface area contributed by atoms with Gasteiger partial charge in [-0.25, -0.2) is 5.53 Å². The lowest BCUT2D eigenvalue weighted by Gasteiger charge is -2.25. The van der Waals surface area contributed by atoms with Crippen LogP contribution in [-0.2, 0) is 4.79 Å². The molecule has 2 unspecified atom stereocenters. The SMILES string of the molecule is N#C/N=C1\NC(=O)C(N=N)C(O)N1. The van der Waals surface area contributed by atoms with E-state index in [-0.39, 0.29) is 5.96 Å². The van der Waals surface area contributed by atoms with Gasteiger partial charge < -0.3 is 10.4 Å². The molecular formula is C5H6N6O2. The largest absolute Gasteiger partial charge is 0.371 e. The number of amides is 1. The van der Waals surface area contributed by atoms with Gasteiger partial charge in [0.25, 0.3) is 5.91 Å². The predicted molar refractivity (Wildman–Crippen MR) is 39.3 cm³/mol. The first-order valence-corrected chi connectivity index (χ1v) is 3.28. The highest BCUT2D eigenvalue weighted by molar-refractivity contribution is 6.02. The van der Waals surface area contributed by atoms with E-state index in [1.165, 1.54) is 6.19 Å². The lowest BCUT2D eigenvalue weighted by atomic mass is 10.2. The van der Waals surface area contributed by atoms with Crippen molar-refractivity contribution < 1.29 is 9.90 Å². The first-order chi connectivity index (χ1) is 6.19. The molecule has 0 aliphatic carbocycles. The number of rotatable bonds is 1. The average molecular weight is 182 g/mol. The Kier molecular flexibility index (Phi) is 2.51. The number of aliphatic hydroxyl groups excluding tert-OH is 1. The molecule has 0 aromatic heterocycles. The van der Waals surface area contributed by atoms with Gasteiger partial charge in [0, 0.05) is 0 Å². The van der Waals surface area contributed by atoms with Crippen molar-refractivity contribution in [2.45, 2.75) is 12.3 Å². The maximum Gasteiger partial charge on any atom is 0.258 e. The highest BCUT2D eigenvalue weighted by atomic mass is 16.3. The van der Waals surface area contributed by atoms with Crippen LogP contribution in [0.25, 0.3) is 0 Å². The van der Waals surface area contributed by atoms with Crippen molar-refractivity contribution in [2.24, 2.45) is 10.1 Å². The molecule has 0 spiro atoms. The molecule has 1 fully saturated rings. The van der Waals surface area contributed by atoms with Crippen LogP contribution in [0.3, 0.4) is 0 Å². The molecule has 1 rings (SSSR count). The minimum Gasteiger partial charge on any atom is -0.371 e. The summed E-state index contributed by atoms with van der Waals surface area (Å²) in [5.41, 5.74) is 6.59. The van der Waals surface area contributed by atoms with Gasteiger partial charge in [-0.05, 0) is 0 Å². The number of carbonyl (C=O) groups excluding carboxylic acids is 1. The zero-order valence-corrected chi connectivity index (χ0v) is 6.35. The Morgan fingerprint density at radius 2 is 2.38 bits per heavy atom. The van der Waals surface area contributed by atoms with Crippen LogP contribution in [0.15, 0.2) is 10.1 Å². The van der Waals surface area contributed by atoms with Crippen molar-refractivity contribution in [3.05, 3.63) is 0 Å². The van der Waals surface area contributed by atoms with E-state index in [2.05, 4.69) is 20.7 Å².